The second-order valence-electron chi connectivity index (χ2n) is 7.83. The lowest BCUT2D eigenvalue weighted by atomic mass is 10.1. The number of nitrogens with one attached hydrogen (secondary N) is 3. The van der Waals surface area contributed by atoms with Crippen LogP contribution in [0.1, 0.15) is 11.3 Å². The van der Waals surface area contributed by atoms with Gasteiger partial charge in [-0.25, -0.2) is 13.6 Å². The number of benzene rings is 1. The maximum Gasteiger partial charge on any atom is 0.319 e. The molecule has 5 amide bonds. The maximum absolute atomic E-state index is 13.9. The quantitative estimate of drug-likeness (QED) is 0.396. The van der Waals surface area contributed by atoms with Gasteiger partial charge in [-0.3, -0.25) is 14.4 Å². The highest BCUT2D eigenvalue weighted by Crippen LogP contribution is 2.21. The first-order valence-corrected chi connectivity index (χ1v) is 12.9. The lowest BCUT2D eigenvalue weighted by Gasteiger charge is -2.29. The number of nitrogens with two attached hydrogens (primary N) is 1. The van der Waals surface area contributed by atoms with Crippen LogP contribution in [0.2, 0.25) is 0 Å². The summed E-state index contributed by atoms with van der Waals surface area (Å²) in [7, 11) is 0. The zero-order chi connectivity index (χ0) is 25.5. The van der Waals surface area contributed by atoms with Gasteiger partial charge >= 0.3 is 6.03 Å². The number of primary amides is 1. The fraction of sp³-hybridized carbons (Fsp3) is 0.364. The number of halogens is 2. The van der Waals surface area contributed by atoms with E-state index in [1.165, 1.54) is 28.0 Å². The molecule has 1 saturated heterocycles. The van der Waals surface area contributed by atoms with E-state index in [-0.39, 0.29) is 36.7 Å². The van der Waals surface area contributed by atoms with E-state index in [1.54, 1.807) is 12.3 Å². The predicted molar refractivity (Wildman–Crippen MR) is 130 cm³/mol. The SMILES string of the molecule is CSCC(=O)N1CCC(NC(=O)Nc2ccc(F)cc2F)C1C(=O)NC(Cc1cccs1)C(N)=O. The fourth-order valence-corrected chi connectivity index (χ4v) is 4.95. The number of amides is 5. The Hall–Kier alpha value is -3.19. The Bertz CT molecular complexity index is 1090. The average Bonchev–Trinajstić information content (AvgIpc) is 3.45. The van der Waals surface area contributed by atoms with Gasteiger partial charge in [-0.2, -0.15) is 11.8 Å². The molecule has 0 radical (unpaired) electrons. The first kappa shape index (κ1) is 26.4. The van der Waals surface area contributed by atoms with Crippen molar-refractivity contribution in [2.75, 3.05) is 23.9 Å². The topological polar surface area (TPSA) is 134 Å². The molecule has 3 atom stereocenters. The van der Waals surface area contributed by atoms with E-state index in [2.05, 4.69) is 16.0 Å². The molecule has 9 nitrogen and oxygen atoms in total. The minimum atomic E-state index is -1.11. The van der Waals surface area contributed by atoms with Crippen LogP contribution in [0.25, 0.3) is 0 Å². The highest BCUT2D eigenvalue weighted by molar-refractivity contribution is 7.99. The summed E-state index contributed by atoms with van der Waals surface area (Å²) in [5, 5.41) is 9.31. The lowest BCUT2D eigenvalue weighted by Crippen LogP contribution is -2.58. The van der Waals surface area contributed by atoms with Crippen LogP contribution >= 0.6 is 23.1 Å². The van der Waals surface area contributed by atoms with Crippen LogP contribution in [0, 0.1) is 11.6 Å². The van der Waals surface area contributed by atoms with Crippen molar-refractivity contribution >= 4 is 52.5 Å². The number of hydrogen-bond acceptors (Lipinski definition) is 6. The summed E-state index contributed by atoms with van der Waals surface area (Å²) in [4.78, 5) is 52.6. The Kier molecular flexibility index (Phi) is 9.04. The molecule has 1 aliphatic rings. The number of carbonyl (C=O) groups is 4. The van der Waals surface area contributed by atoms with Crippen LogP contribution in [-0.4, -0.2) is 65.3 Å². The number of urea groups is 1. The van der Waals surface area contributed by atoms with Crippen LogP contribution < -0.4 is 21.7 Å². The highest BCUT2D eigenvalue weighted by atomic mass is 32.2. The molecule has 3 rings (SSSR count). The van der Waals surface area contributed by atoms with Crippen molar-refractivity contribution < 1.29 is 28.0 Å². The molecule has 1 aliphatic heterocycles. The summed E-state index contributed by atoms with van der Waals surface area (Å²) in [6.45, 7) is 0.194. The summed E-state index contributed by atoms with van der Waals surface area (Å²) in [5.41, 5.74) is 5.25. The maximum atomic E-state index is 13.9. The standard InChI is InChI=1S/C22H25F2N5O4S2/c1-34-11-18(30)29-7-6-16(28-22(33)27-15-5-4-12(23)9-14(15)24)19(29)21(32)26-17(20(25)31)10-13-3-2-8-35-13/h2-5,8-9,16-17,19H,6-7,10-11H2,1H3,(H2,25,31)(H,26,32)(H2,27,28,33). The minimum absolute atomic E-state index is 0.123. The van der Waals surface area contributed by atoms with Gasteiger partial charge in [0.05, 0.1) is 17.5 Å². The molecule has 2 aromatic rings. The number of thiophene rings is 1. The van der Waals surface area contributed by atoms with Gasteiger partial charge in [0, 0.05) is 23.9 Å². The number of thioether (sulfide) groups is 1. The summed E-state index contributed by atoms with van der Waals surface area (Å²) < 4.78 is 27.0. The molecule has 0 spiro atoms. The normalized spacial score (nSPS) is 18.1. The molecular weight excluding hydrogens is 500 g/mol. The van der Waals surface area contributed by atoms with Gasteiger partial charge in [0.25, 0.3) is 0 Å². The molecule has 1 aromatic heterocycles. The molecule has 35 heavy (non-hydrogen) atoms. The van der Waals surface area contributed by atoms with Crippen LogP contribution in [0.3, 0.4) is 0 Å². The average molecular weight is 526 g/mol. The summed E-state index contributed by atoms with van der Waals surface area (Å²) in [6, 6.07) is 2.53. The Balaban J connectivity index is 1.75. The van der Waals surface area contributed by atoms with E-state index in [1.807, 2.05) is 11.4 Å². The Morgan fingerprint density at radius 3 is 2.66 bits per heavy atom. The van der Waals surface area contributed by atoms with Crippen molar-refractivity contribution in [1.82, 2.24) is 15.5 Å². The summed E-state index contributed by atoms with van der Waals surface area (Å²) >= 11 is 2.69. The number of carbonyl (C=O) groups excluding carboxylic acids is 4. The van der Waals surface area contributed by atoms with E-state index >= 15 is 0 Å². The third-order valence-corrected chi connectivity index (χ3v) is 6.83. The number of anilines is 1. The zero-order valence-electron chi connectivity index (χ0n) is 18.8. The molecule has 5 N–H and O–H groups in total. The molecule has 2 heterocycles. The van der Waals surface area contributed by atoms with Crippen molar-refractivity contribution in [3.05, 3.63) is 52.2 Å². The second kappa shape index (κ2) is 12.0. The molecule has 188 valence electrons. The smallest absolute Gasteiger partial charge is 0.319 e. The third kappa shape index (κ3) is 6.92. The van der Waals surface area contributed by atoms with E-state index in [0.717, 1.165) is 17.0 Å². The van der Waals surface area contributed by atoms with E-state index < -0.39 is 47.6 Å². The van der Waals surface area contributed by atoms with Gasteiger partial charge < -0.3 is 26.6 Å². The van der Waals surface area contributed by atoms with Gasteiger partial charge in [0.15, 0.2) is 0 Å². The molecule has 0 saturated carbocycles. The largest absolute Gasteiger partial charge is 0.368 e. The third-order valence-electron chi connectivity index (χ3n) is 5.40. The number of hydrogen-bond donors (Lipinski definition) is 4. The molecule has 1 fully saturated rings. The van der Waals surface area contributed by atoms with Crippen LogP contribution in [0.5, 0.6) is 0 Å². The van der Waals surface area contributed by atoms with Crippen molar-refractivity contribution in [2.45, 2.75) is 31.0 Å². The molecule has 0 bridgehead atoms. The second-order valence-corrected chi connectivity index (χ2v) is 9.73. The number of rotatable bonds is 9. The first-order valence-electron chi connectivity index (χ1n) is 10.6. The molecular formula is C22H25F2N5O4S2. The predicted octanol–water partition coefficient (Wildman–Crippen LogP) is 1.69. The Labute approximate surface area is 208 Å². The minimum Gasteiger partial charge on any atom is -0.368 e. The fourth-order valence-electron chi connectivity index (χ4n) is 3.78. The van der Waals surface area contributed by atoms with Crippen LogP contribution in [-0.2, 0) is 20.8 Å². The first-order chi connectivity index (χ1) is 16.7. The van der Waals surface area contributed by atoms with Crippen LogP contribution in [0.15, 0.2) is 35.7 Å². The van der Waals surface area contributed by atoms with Crippen molar-refractivity contribution in [3.8, 4) is 0 Å². The summed E-state index contributed by atoms with van der Waals surface area (Å²) in [6.07, 6.45) is 2.18. The zero-order valence-corrected chi connectivity index (χ0v) is 20.4. The molecule has 0 aliphatic carbocycles. The van der Waals surface area contributed by atoms with Gasteiger partial charge in [-0.1, -0.05) is 6.07 Å². The van der Waals surface area contributed by atoms with Crippen molar-refractivity contribution in [3.63, 3.8) is 0 Å². The van der Waals surface area contributed by atoms with Gasteiger partial charge in [-0.05, 0) is 36.3 Å². The van der Waals surface area contributed by atoms with E-state index in [9.17, 15) is 28.0 Å². The van der Waals surface area contributed by atoms with Gasteiger partial charge in [0.2, 0.25) is 17.7 Å². The summed E-state index contributed by atoms with van der Waals surface area (Å²) in [5.74, 6) is -3.32. The molecule has 1 aromatic carbocycles. The Morgan fingerprint density at radius 2 is 2.03 bits per heavy atom. The Morgan fingerprint density at radius 1 is 1.26 bits per heavy atom. The van der Waals surface area contributed by atoms with Gasteiger partial charge in [0.1, 0.15) is 23.7 Å². The number of likely N-dealkylation sites (tertiary alicyclic amines) is 1. The van der Waals surface area contributed by atoms with Crippen molar-refractivity contribution in [2.24, 2.45) is 5.73 Å². The lowest BCUT2D eigenvalue weighted by molar-refractivity contribution is -0.138. The van der Waals surface area contributed by atoms with E-state index in [0.29, 0.717) is 6.07 Å². The van der Waals surface area contributed by atoms with E-state index in [4.69, 9.17) is 5.73 Å². The highest BCUT2D eigenvalue weighted by Gasteiger charge is 2.43. The van der Waals surface area contributed by atoms with Crippen LogP contribution in [0.4, 0.5) is 19.3 Å². The van der Waals surface area contributed by atoms with Crippen molar-refractivity contribution in [1.29, 1.82) is 0 Å². The van der Waals surface area contributed by atoms with Gasteiger partial charge in [-0.15, -0.1) is 11.3 Å². The molecule has 3 unspecified atom stereocenters. The monoisotopic (exact) mass is 525 g/mol. The number of nitrogens with zero attached hydrogens (tertiary/aromatic N) is 1. The molecule has 13 heteroatoms.